The lowest BCUT2D eigenvalue weighted by Gasteiger charge is -2.22. The van der Waals surface area contributed by atoms with Gasteiger partial charge in [-0.1, -0.05) is 30.3 Å². The van der Waals surface area contributed by atoms with E-state index in [4.69, 9.17) is 4.74 Å². The summed E-state index contributed by atoms with van der Waals surface area (Å²) in [6.07, 6.45) is -3.24. The Morgan fingerprint density at radius 3 is 2.64 bits per heavy atom. The Morgan fingerprint density at radius 1 is 1.18 bits per heavy atom. The zero-order valence-electron chi connectivity index (χ0n) is 18.0. The normalized spacial score (nSPS) is 16.2. The van der Waals surface area contributed by atoms with Crippen LogP contribution in [0.5, 0.6) is 5.88 Å². The molecule has 33 heavy (non-hydrogen) atoms. The van der Waals surface area contributed by atoms with Gasteiger partial charge in [0.25, 0.3) is 0 Å². The van der Waals surface area contributed by atoms with E-state index in [1.165, 1.54) is 13.0 Å². The topological polar surface area (TPSA) is 62.7 Å². The van der Waals surface area contributed by atoms with Gasteiger partial charge in [0.15, 0.2) is 5.78 Å². The highest BCUT2D eigenvalue weighted by molar-refractivity contribution is 6.00. The number of pyridine rings is 1. The van der Waals surface area contributed by atoms with Crippen molar-refractivity contribution in [3.63, 3.8) is 0 Å². The maximum absolute atomic E-state index is 12.7. The van der Waals surface area contributed by atoms with Crippen molar-refractivity contribution >= 4 is 11.5 Å². The molecule has 1 aliphatic rings. The molecule has 2 heterocycles. The molecular weight excluding hydrogens is 433 g/mol. The molecule has 1 unspecified atom stereocenters. The van der Waals surface area contributed by atoms with Crippen LogP contribution in [0.25, 0.3) is 11.1 Å². The maximum Gasteiger partial charge on any atom is 0.417 e. The highest BCUT2D eigenvalue weighted by Crippen LogP contribution is 2.33. The fourth-order valence-corrected chi connectivity index (χ4v) is 4.06. The summed E-state index contributed by atoms with van der Waals surface area (Å²) in [6, 6.07) is 15.2. The summed E-state index contributed by atoms with van der Waals surface area (Å²) >= 11 is 0. The molecule has 5 nitrogen and oxygen atoms in total. The number of carbonyl (C=O) groups is 1. The van der Waals surface area contributed by atoms with Crippen LogP contribution < -0.4 is 9.64 Å². The highest BCUT2D eigenvalue weighted by Gasteiger charge is 2.31. The van der Waals surface area contributed by atoms with Crippen molar-refractivity contribution in [3.05, 3.63) is 77.5 Å². The van der Waals surface area contributed by atoms with Crippen molar-refractivity contribution in [1.82, 2.24) is 4.98 Å². The molecule has 1 N–H and O–H groups in total. The van der Waals surface area contributed by atoms with Crippen LogP contribution in [0.1, 0.15) is 34.8 Å². The Hall–Kier alpha value is -3.39. The van der Waals surface area contributed by atoms with Crippen LogP contribution in [0.15, 0.2) is 60.8 Å². The van der Waals surface area contributed by atoms with Crippen molar-refractivity contribution in [1.29, 1.82) is 0 Å². The predicted octanol–water partition coefficient (Wildman–Crippen LogP) is 5.12. The molecule has 0 spiro atoms. The Labute approximate surface area is 189 Å². The van der Waals surface area contributed by atoms with Crippen molar-refractivity contribution in [2.24, 2.45) is 0 Å². The number of Topliss-reactive ketones (excluding diaryl/α,β-unsaturated/α-hetero) is 1. The second-order valence-electron chi connectivity index (χ2n) is 7.96. The number of halogens is 3. The average Bonchev–Trinajstić information content (AvgIpc) is 3.26. The van der Waals surface area contributed by atoms with Gasteiger partial charge in [0.2, 0.25) is 5.88 Å². The van der Waals surface area contributed by atoms with Crippen LogP contribution in [0.3, 0.4) is 0 Å². The Morgan fingerprint density at radius 2 is 1.97 bits per heavy atom. The van der Waals surface area contributed by atoms with Crippen LogP contribution in [0, 0.1) is 0 Å². The Kier molecular flexibility index (Phi) is 6.37. The number of hydrogen-bond donors (Lipinski definition) is 1. The number of carbonyl (C=O) groups excluding carboxylic acids is 1. The maximum atomic E-state index is 12.7. The first-order valence-electron chi connectivity index (χ1n) is 10.5. The number of nitrogens with zero attached hydrogens (tertiary/aromatic N) is 2. The van der Waals surface area contributed by atoms with Crippen molar-refractivity contribution in [3.8, 4) is 17.0 Å². The van der Waals surface area contributed by atoms with Gasteiger partial charge in [-0.3, -0.25) is 4.79 Å². The number of benzene rings is 2. The first kappa shape index (κ1) is 22.8. The van der Waals surface area contributed by atoms with Crippen LogP contribution >= 0.6 is 0 Å². The van der Waals surface area contributed by atoms with Crippen LogP contribution in [0.2, 0.25) is 0 Å². The number of ether oxygens (including phenoxy) is 1. The first-order valence-corrected chi connectivity index (χ1v) is 10.5. The molecule has 172 valence electrons. The molecule has 1 aromatic heterocycles. The van der Waals surface area contributed by atoms with Gasteiger partial charge in [0.05, 0.1) is 18.7 Å². The highest BCUT2D eigenvalue weighted by atomic mass is 19.4. The SMILES string of the molecule is CC(=O)c1ccccc1-c1ccc(N2CCC(Oc3ccc(C(F)(F)F)cn3)C2)c(CO)c1. The van der Waals surface area contributed by atoms with Crippen LogP contribution in [0.4, 0.5) is 18.9 Å². The Bertz CT molecular complexity index is 1150. The van der Waals surface area contributed by atoms with Gasteiger partial charge in [-0.05, 0) is 36.2 Å². The summed E-state index contributed by atoms with van der Waals surface area (Å²) in [5.74, 6) is 0.116. The minimum atomic E-state index is -4.44. The van der Waals surface area contributed by atoms with E-state index in [9.17, 15) is 23.1 Å². The number of alkyl halides is 3. The van der Waals surface area contributed by atoms with Gasteiger partial charge >= 0.3 is 6.18 Å². The fourth-order valence-electron chi connectivity index (χ4n) is 4.06. The van der Waals surface area contributed by atoms with E-state index < -0.39 is 11.7 Å². The number of ketones is 1. The first-order chi connectivity index (χ1) is 15.8. The number of hydrogen-bond acceptors (Lipinski definition) is 5. The molecule has 0 radical (unpaired) electrons. The summed E-state index contributed by atoms with van der Waals surface area (Å²) in [5, 5.41) is 9.99. The van der Waals surface area contributed by atoms with E-state index in [1.54, 1.807) is 6.07 Å². The molecule has 0 saturated carbocycles. The van der Waals surface area contributed by atoms with E-state index in [0.29, 0.717) is 25.1 Å². The number of aliphatic hydroxyl groups is 1. The standard InChI is InChI=1S/C25H23F3N2O3/c1-16(32)21-4-2-3-5-22(21)17-6-8-23(18(12-17)15-31)30-11-10-20(14-30)33-24-9-7-19(13-29-24)25(26,27)28/h2-9,12-13,20,31H,10-11,14-15H2,1H3. The summed E-state index contributed by atoms with van der Waals surface area (Å²) < 4.78 is 43.9. The van der Waals surface area contributed by atoms with E-state index in [0.717, 1.165) is 34.6 Å². The molecule has 4 rings (SSSR count). The molecular formula is C25H23F3N2O3. The van der Waals surface area contributed by atoms with E-state index >= 15 is 0 Å². The van der Waals surface area contributed by atoms with Gasteiger partial charge in [-0.25, -0.2) is 4.98 Å². The Balaban J connectivity index is 1.49. The summed E-state index contributed by atoms with van der Waals surface area (Å²) in [4.78, 5) is 17.8. The summed E-state index contributed by atoms with van der Waals surface area (Å²) in [5.41, 5.74) is 3.03. The zero-order valence-corrected chi connectivity index (χ0v) is 18.0. The van der Waals surface area contributed by atoms with E-state index in [2.05, 4.69) is 9.88 Å². The third-order valence-corrected chi connectivity index (χ3v) is 5.70. The lowest BCUT2D eigenvalue weighted by atomic mass is 9.95. The molecule has 0 bridgehead atoms. The number of aliphatic hydroxyl groups excluding tert-OH is 1. The molecule has 1 atom stereocenters. The molecule has 3 aromatic rings. The van der Waals surface area contributed by atoms with Crippen molar-refractivity contribution in [2.75, 3.05) is 18.0 Å². The minimum absolute atomic E-state index is 0.0309. The molecule has 2 aromatic carbocycles. The quantitative estimate of drug-likeness (QED) is 0.522. The zero-order chi connectivity index (χ0) is 23.6. The second kappa shape index (κ2) is 9.23. The van der Waals surface area contributed by atoms with Crippen molar-refractivity contribution < 1.29 is 27.8 Å². The number of anilines is 1. The van der Waals surface area contributed by atoms with Gasteiger partial charge in [0.1, 0.15) is 6.10 Å². The minimum Gasteiger partial charge on any atom is -0.472 e. The molecule has 0 amide bonds. The monoisotopic (exact) mass is 456 g/mol. The molecule has 0 aliphatic carbocycles. The molecule has 1 aliphatic heterocycles. The van der Waals surface area contributed by atoms with Gasteiger partial charge in [0, 0.05) is 42.0 Å². The lowest BCUT2D eigenvalue weighted by Crippen LogP contribution is -2.25. The number of rotatable bonds is 6. The largest absolute Gasteiger partial charge is 0.472 e. The fraction of sp³-hybridized carbons (Fsp3) is 0.280. The second-order valence-corrected chi connectivity index (χ2v) is 7.96. The van der Waals surface area contributed by atoms with Crippen molar-refractivity contribution in [2.45, 2.75) is 32.2 Å². The molecule has 1 saturated heterocycles. The lowest BCUT2D eigenvalue weighted by molar-refractivity contribution is -0.137. The van der Waals surface area contributed by atoms with Crippen LogP contribution in [-0.4, -0.2) is 35.1 Å². The van der Waals surface area contributed by atoms with E-state index in [-0.39, 0.29) is 24.4 Å². The summed E-state index contributed by atoms with van der Waals surface area (Å²) in [6.45, 7) is 2.53. The van der Waals surface area contributed by atoms with Gasteiger partial charge in [-0.2, -0.15) is 13.2 Å². The predicted molar refractivity (Wildman–Crippen MR) is 118 cm³/mol. The van der Waals surface area contributed by atoms with Gasteiger partial charge in [-0.15, -0.1) is 0 Å². The summed E-state index contributed by atoms with van der Waals surface area (Å²) in [7, 11) is 0. The third-order valence-electron chi connectivity index (χ3n) is 5.70. The third kappa shape index (κ3) is 5.01. The smallest absolute Gasteiger partial charge is 0.417 e. The van der Waals surface area contributed by atoms with E-state index in [1.807, 2.05) is 36.4 Å². The molecule has 1 fully saturated rings. The molecule has 8 heteroatoms. The average molecular weight is 456 g/mol. The number of aromatic nitrogens is 1. The van der Waals surface area contributed by atoms with Gasteiger partial charge < -0.3 is 14.7 Å². The van der Waals surface area contributed by atoms with Crippen LogP contribution in [-0.2, 0) is 12.8 Å².